The summed E-state index contributed by atoms with van der Waals surface area (Å²) in [5.41, 5.74) is 3.17. The van der Waals surface area contributed by atoms with Crippen LogP contribution in [0.2, 0.25) is 0 Å². The van der Waals surface area contributed by atoms with Gasteiger partial charge >= 0.3 is 0 Å². The van der Waals surface area contributed by atoms with Crippen LogP contribution in [0.3, 0.4) is 0 Å². The number of rotatable bonds is 5. The summed E-state index contributed by atoms with van der Waals surface area (Å²) in [6.07, 6.45) is 0.770. The number of amides is 1. The van der Waals surface area contributed by atoms with Gasteiger partial charge in [0, 0.05) is 22.2 Å². The second-order valence-corrected chi connectivity index (χ2v) is 9.25. The maximum Gasteiger partial charge on any atom is 0.230 e. The van der Waals surface area contributed by atoms with Crippen molar-refractivity contribution in [2.45, 2.75) is 44.6 Å². The van der Waals surface area contributed by atoms with Crippen molar-refractivity contribution in [3.63, 3.8) is 0 Å². The van der Waals surface area contributed by atoms with Crippen LogP contribution in [0.15, 0.2) is 46.9 Å². The molecule has 0 aliphatic carbocycles. The number of hydrogen-bond donors (Lipinski definition) is 1. The molecular weight excluding hydrogens is 410 g/mol. The highest BCUT2D eigenvalue weighted by molar-refractivity contribution is 9.10. The van der Waals surface area contributed by atoms with E-state index in [1.54, 1.807) is 11.8 Å². The van der Waals surface area contributed by atoms with Crippen LogP contribution < -0.4 is 10.1 Å². The summed E-state index contributed by atoms with van der Waals surface area (Å²) in [5.74, 6) is 2.24. The SMILES string of the molecule is Cc1ccc2c(c1)OC(C)(C)C[C@H]2NC(=O)CSCc1ccc(Br)cc1. The second kappa shape index (κ2) is 8.05. The minimum Gasteiger partial charge on any atom is -0.487 e. The van der Waals surface area contributed by atoms with Gasteiger partial charge < -0.3 is 10.1 Å². The average Bonchev–Trinajstić information content (AvgIpc) is 2.55. The molecule has 1 aliphatic heterocycles. The number of carbonyl (C=O) groups excluding carboxylic acids is 1. The van der Waals surface area contributed by atoms with E-state index in [2.05, 4.69) is 72.3 Å². The van der Waals surface area contributed by atoms with Crippen molar-refractivity contribution in [3.05, 3.63) is 63.6 Å². The highest BCUT2D eigenvalue weighted by Gasteiger charge is 2.34. The van der Waals surface area contributed by atoms with Crippen molar-refractivity contribution in [3.8, 4) is 5.75 Å². The van der Waals surface area contributed by atoms with Crippen LogP contribution in [0.25, 0.3) is 0 Å². The van der Waals surface area contributed by atoms with Crippen LogP contribution in [0, 0.1) is 6.92 Å². The van der Waals surface area contributed by atoms with Crippen molar-refractivity contribution < 1.29 is 9.53 Å². The normalized spacial score (nSPS) is 17.9. The summed E-state index contributed by atoms with van der Waals surface area (Å²) in [6.45, 7) is 6.19. The topological polar surface area (TPSA) is 38.3 Å². The van der Waals surface area contributed by atoms with Crippen molar-refractivity contribution in [2.24, 2.45) is 0 Å². The maximum atomic E-state index is 12.5. The Labute approximate surface area is 168 Å². The molecule has 1 atom stereocenters. The zero-order valence-corrected chi connectivity index (χ0v) is 17.7. The van der Waals surface area contributed by atoms with Gasteiger partial charge in [-0.2, -0.15) is 0 Å². The highest BCUT2D eigenvalue weighted by Crippen LogP contribution is 2.39. The fourth-order valence-electron chi connectivity index (χ4n) is 3.17. The van der Waals surface area contributed by atoms with Gasteiger partial charge in [-0.05, 0) is 50.1 Å². The zero-order valence-electron chi connectivity index (χ0n) is 15.3. The molecule has 0 saturated carbocycles. The van der Waals surface area contributed by atoms with Crippen molar-refractivity contribution >= 4 is 33.6 Å². The molecule has 0 spiro atoms. The number of benzene rings is 2. The van der Waals surface area contributed by atoms with E-state index >= 15 is 0 Å². The molecule has 0 aromatic heterocycles. The molecule has 0 unspecified atom stereocenters. The first-order chi connectivity index (χ1) is 12.3. The summed E-state index contributed by atoms with van der Waals surface area (Å²) < 4.78 is 7.17. The lowest BCUT2D eigenvalue weighted by atomic mass is 9.89. The Kier molecular flexibility index (Phi) is 5.98. The van der Waals surface area contributed by atoms with Crippen LogP contribution >= 0.6 is 27.7 Å². The number of thioether (sulfide) groups is 1. The number of carbonyl (C=O) groups is 1. The molecule has 0 radical (unpaired) electrons. The first-order valence-corrected chi connectivity index (χ1v) is 10.7. The standard InChI is InChI=1S/C21H24BrNO2S/c1-14-4-9-17-18(11-21(2,3)25-19(17)10-14)23-20(24)13-26-12-15-5-7-16(22)8-6-15/h4-10,18H,11-13H2,1-3H3,(H,23,24)/t18-/m1/s1. The molecular formula is C21H24BrNO2S. The lowest BCUT2D eigenvalue weighted by Gasteiger charge is -2.38. The lowest BCUT2D eigenvalue weighted by molar-refractivity contribution is -0.119. The molecule has 1 amide bonds. The van der Waals surface area contributed by atoms with Crippen LogP contribution in [0.4, 0.5) is 0 Å². The third-order valence-corrected chi connectivity index (χ3v) is 5.91. The molecule has 3 nitrogen and oxygen atoms in total. The Morgan fingerprint density at radius 3 is 2.73 bits per heavy atom. The predicted molar refractivity (Wildman–Crippen MR) is 112 cm³/mol. The van der Waals surface area contributed by atoms with Gasteiger partial charge in [-0.3, -0.25) is 4.79 Å². The second-order valence-electron chi connectivity index (χ2n) is 7.35. The number of ether oxygens (including phenoxy) is 1. The molecule has 2 aromatic carbocycles. The minimum atomic E-state index is -0.288. The van der Waals surface area contributed by atoms with E-state index in [0.717, 1.165) is 33.5 Å². The van der Waals surface area contributed by atoms with Gasteiger partial charge in [0.25, 0.3) is 0 Å². The van der Waals surface area contributed by atoms with E-state index in [4.69, 9.17) is 4.74 Å². The number of aryl methyl sites for hydroxylation is 1. The van der Waals surface area contributed by atoms with Gasteiger partial charge in [0.05, 0.1) is 11.8 Å². The third-order valence-electron chi connectivity index (χ3n) is 4.38. The zero-order chi connectivity index (χ0) is 18.7. The summed E-state index contributed by atoms with van der Waals surface area (Å²) in [5, 5.41) is 3.20. The van der Waals surface area contributed by atoms with Crippen LogP contribution in [0.5, 0.6) is 5.75 Å². The van der Waals surface area contributed by atoms with Crippen LogP contribution in [0.1, 0.15) is 43.0 Å². The van der Waals surface area contributed by atoms with E-state index in [9.17, 15) is 4.79 Å². The predicted octanol–water partition coefficient (Wildman–Crippen LogP) is 5.41. The fourth-order valence-corrected chi connectivity index (χ4v) is 4.23. The Morgan fingerprint density at radius 1 is 1.27 bits per heavy atom. The summed E-state index contributed by atoms with van der Waals surface area (Å²) >= 11 is 5.07. The number of nitrogens with one attached hydrogen (secondary N) is 1. The quantitative estimate of drug-likeness (QED) is 0.684. The van der Waals surface area contributed by atoms with Crippen molar-refractivity contribution in [2.75, 3.05) is 5.75 Å². The van der Waals surface area contributed by atoms with Crippen molar-refractivity contribution in [1.29, 1.82) is 0 Å². The van der Waals surface area contributed by atoms with E-state index in [1.807, 2.05) is 12.1 Å². The number of hydrogen-bond acceptors (Lipinski definition) is 3. The molecule has 1 aliphatic rings. The molecule has 26 heavy (non-hydrogen) atoms. The Balaban J connectivity index is 1.59. The smallest absolute Gasteiger partial charge is 0.230 e. The van der Waals surface area contributed by atoms with Gasteiger partial charge in [0.2, 0.25) is 5.91 Å². The van der Waals surface area contributed by atoms with Gasteiger partial charge in [-0.1, -0.05) is 40.2 Å². The number of halogens is 1. The maximum absolute atomic E-state index is 12.5. The fraction of sp³-hybridized carbons (Fsp3) is 0.381. The van der Waals surface area contributed by atoms with Gasteiger partial charge in [0.15, 0.2) is 0 Å². The van der Waals surface area contributed by atoms with Crippen molar-refractivity contribution in [1.82, 2.24) is 5.32 Å². The molecule has 0 fully saturated rings. The molecule has 1 heterocycles. The number of fused-ring (bicyclic) bond motifs is 1. The van der Waals surface area contributed by atoms with E-state index in [-0.39, 0.29) is 17.6 Å². The summed E-state index contributed by atoms with van der Waals surface area (Å²) in [7, 11) is 0. The van der Waals surface area contributed by atoms with E-state index < -0.39 is 0 Å². The third kappa shape index (κ3) is 5.04. The largest absolute Gasteiger partial charge is 0.487 e. The molecule has 0 bridgehead atoms. The Bertz CT molecular complexity index is 789. The van der Waals surface area contributed by atoms with Crippen LogP contribution in [-0.4, -0.2) is 17.3 Å². The Hall–Kier alpha value is -1.46. The lowest BCUT2D eigenvalue weighted by Crippen LogP contribution is -2.41. The van der Waals surface area contributed by atoms with E-state index in [1.165, 1.54) is 5.56 Å². The molecule has 0 saturated heterocycles. The molecule has 2 aromatic rings. The van der Waals surface area contributed by atoms with Crippen LogP contribution in [-0.2, 0) is 10.5 Å². The summed E-state index contributed by atoms with van der Waals surface area (Å²) in [4.78, 5) is 12.5. The molecule has 138 valence electrons. The summed E-state index contributed by atoms with van der Waals surface area (Å²) in [6, 6.07) is 14.4. The Morgan fingerprint density at radius 2 is 2.00 bits per heavy atom. The molecule has 5 heteroatoms. The molecule has 1 N–H and O–H groups in total. The molecule has 3 rings (SSSR count). The average molecular weight is 434 g/mol. The van der Waals surface area contributed by atoms with Gasteiger partial charge in [-0.15, -0.1) is 11.8 Å². The first kappa shape index (κ1) is 19.3. The van der Waals surface area contributed by atoms with Gasteiger partial charge in [-0.25, -0.2) is 0 Å². The first-order valence-electron chi connectivity index (χ1n) is 8.73. The monoisotopic (exact) mass is 433 g/mol. The van der Waals surface area contributed by atoms with Gasteiger partial charge in [0.1, 0.15) is 11.4 Å². The highest BCUT2D eigenvalue weighted by atomic mass is 79.9. The van der Waals surface area contributed by atoms with E-state index in [0.29, 0.717) is 5.75 Å². The minimum absolute atomic E-state index is 0.00451.